The Morgan fingerprint density at radius 2 is 1.68 bits per heavy atom. The fourth-order valence-corrected chi connectivity index (χ4v) is 9.10. The Morgan fingerprint density at radius 3 is 2.38 bits per heavy atom. The number of para-hydroxylation sites is 2. The number of rotatable bonds is 6. The van der Waals surface area contributed by atoms with Crippen molar-refractivity contribution in [3.05, 3.63) is 87.3 Å². The van der Waals surface area contributed by atoms with Crippen LogP contribution in [0, 0.1) is 6.92 Å². The Balaban J connectivity index is 1.07. The SMILES string of the molecule is Cc1nc2ccccc2n1C1C[C@H]2CC[C@@H](C1)N2CCC1(c2ccccc2)CCN(C(=O)c2sccc2Cl)CC1. The van der Waals surface area contributed by atoms with Crippen molar-refractivity contribution in [2.75, 3.05) is 19.6 Å². The lowest BCUT2D eigenvalue weighted by Gasteiger charge is -2.45. The number of amides is 1. The van der Waals surface area contributed by atoms with Gasteiger partial charge in [0.15, 0.2) is 0 Å². The molecule has 2 bridgehead atoms. The first-order chi connectivity index (χ1) is 19.5. The Morgan fingerprint density at radius 1 is 0.975 bits per heavy atom. The summed E-state index contributed by atoms with van der Waals surface area (Å²) in [5, 5.41) is 2.48. The second-order valence-corrected chi connectivity index (χ2v) is 13.4. The molecule has 2 aromatic heterocycles. The van der Waals surface area contributed by atoms with Crippen molar-refractivity contribution >= 4 is 39.9 Å². The van der Waals surface area contributed by atoms with Gasteiger partial charge in [-0.1, -0.05) is 54.1 Å². The van der Waals surface area contributed by atoms with Gasteiger partial charge >= 0.3 is 0 Å². The number of likely N-dealkylation sites (tertiary alicyclic amines) is 1. The van der Waals surface area contributed by atoms with Crippen molar-refractivity contribution in [2.45, 2.75) is 75.4 Å². The quantitative estimate of drug-likeness (QED) is 0.240. The average molecular weight is 573 g/mol. The summed E-state index contributed by atoms with van der Waals surface area (Å²) in [6.07, 6.45) is 8.16. The number of aromatic nitrogens is 2. The minimum Gasteiger partial charge on any atom is -0.338 e. The van der Waals surface area contributed by atoms with Gasteiger partial charge in [-0.15, -0.1) is 11.3 Å². The van der Waals surface area contributed by atoms with E-state index in [9.17, 15) is 4.79 Å². The third-order valence-corrected chi connectivity index (χ3v) is 11.4. The predicted octanol–water partition coefficient (Wildman–Crippen LogP) is 7.49. The molecule has 1 unspecified atom stereocenters. The summed E-state index contributed by atoms with van der Waals surface area (Å²) in [6.45, 7) is 4.86. The number of carbonyl (C=O) groups is 1. The minimum atomic E-state index is 0.0871. The van der Waals surface area contributed by atoms with E-state index in [1.807, 2.05) is 16.3 Å². The van der Waals surface area contributed by atoms with Gasteiger partial charge in [0.25, 0.3) is 5.91 Å². The summed E-state index contributed by atoms with van der Waals surface area (Å²) < 4.78 is 2.52. The number of hydrogen-bond donors (Lipinski definition) is 0. The van der Waals surface area contributed by atoms with E-state index in [0.29, 0.717) is 28.0 Å². The highest BCUT2D eigenvalue weighted by Crippen LogP contribution is 2.45. The molecule has 0 radical (unpaired) electrons. The normalized spacial score (nSPS) is 24.6. The molecular formula is C33H37ClN4OS. The zero-order chi connectivity index (χ0) is 27.3. The number of fused-ring (bicyclic) bond motifs is 3. The average Bonchev–Trinajstić information content (AvgIpc) is 3.63. The minimum absolute atomic E-state index is 0.0871. The molecule has 0 saturated carbocycles. The third kappa shape index (κ3) is 4.58. The van der Waals surface area contributed by atoms with Crippen molar-refractivity contribution in [2.24, 2.45) is 0 Å². The van der Waals surface area contributed by atoms with Gasteiger partial charge in [0, 0.05) is 31.2 Å². The van der Waals surface area contributed by atoms with E-state index in [2.05, 4.69) is 71.0 Å². The molecule has 208 valence electrons. The number of thiophene rings is 1. The molecular weight excluding hydrogens is 536 g/mol. The maximum absolute atomic E-state index is 13.2. The van der Waals surface area contributed by atoms with Crippen molar-refractivity contribution < 1.29 is 4.79 Å². The van der Waals surface area contributed by atoms with Gasteiger partial charge < -0.3 is 9.47 Å². The van der Waals surface area contributed by atoms with E-state index >= 15 is 0 Å². The zero-order valence-corrected chi connectivity index (χ0v) is 24.7. The first kappa shape index (κ1) is 26.2. The molecule has 5 nitrogen and oxygen atoms in total. The molecule has 3 fully saturated rings. The molecule has 7 rings (SSSR count). The van der Waals surface area contributed by atoms with Gasteiger partial charge in [-0.05, 0) is 93.0 Å². The second-order valence-electron chi connectivity index (χ2n) is 12.1. The zero-order valence-electron chi connectivity index (χ0n) is 23.1. The Labute approximate surface area is 245 Å². The summed E-state index contributed by atoms with van der Waals surface area (Å²) in [5.74, 6) is 1.23. The molecule has 2 aromatic carbocycles. The smallest absolute Gasteiger partial charge is 0.265 e. The van der Waals surface area contributed by atoms with Crippen LogP contribution in [0.1, 0.15) is 72.0 Å². The highest BCUT2D eigenvalue weighted by Gasteiger charge is 2.44. The van der Waals surface area contributed by atoms with Crippen LogP contribution in [0.3, 0.4) is 0 Å². The first-order valence-electron chi connectivity index (χ1n) is 14.8. The lowest BCUT2D eigenvalue weighted by molar-refractivity contribution is 0.0611. The van der Waals surface area contributed by atoms with Crippen molar-refractivity contribution in [3.8, 4) is 0 Å². The molecule has 0 spiro atoms. The second kappa shape index (κ2) is 10.6. The van der Waals surface area contributed by atoms with Crippen LogP contribution < -0.4 is 0 Å². The Kier molecular flexibility index (Phi) is 6.97. The molecule has 3 saturated heterocycles. The van der Waals surface area contributed by atoms with Gasteiger partial charge in [-0.3, -0.25) is 9.69 Å². The standard InChI is InChI=1S/C33H37ClN4OS/c1-23-35-29-9-5-6-10-30(29)38(23)27-21-25-11-12-26(22-27)37(25)19-16-33(24-7-3-2-4-8-24)14-17-36(18-15-33)32(39)31-28(34)13-20-40-31/h2-10,13,20,25-27H,11-12,14-19,21-22H2,1H3/t25-,26+,27?. The lowest BCUT2D eigenvalue weighted by atomic mass is 9.70. The predicted molar refractivity (Wildman–Crippen MR) is 163 cm³/mol. The number of carbonyl (C=O) groups excluding carboxylic acids is 1. The van der Waals surface area contributed by atoms with Crippen LogP contribution in [-0.4, -0.2) is 57.0 Å². The van der Waals surface area contributed by atoms with Crippen molar-refractivity contribution in [1.29, 1.82) is 0 Å². The van der Waals surface area contributed by atoms with Crippen LogP contribution in [0.2, 0.25) is 5.02 Å². The maximum atomic E-state index is 13.2. The summed E-state index contributed by atoms with van der Waals surface area (Å²) >= 11 is 7.76. The van der Waals surface area contributed by atoms with Gasteiger partial charge in [0.05, 0.1) is 16.1 Å². The molecule has 3 atom stereocenters. The topological polar surface area (TPSA) is 41.4 Å². The summed E-state index contributed by atoms with van der Waals surface area (Å²) in [7, 11) is 0. The molecule has 0 N–H and O–H groups in total. The van der Waals surface area contributed by atoms with Crippen molar-refractivity contribution in [3.63, 3.8) is 0 Å². The summed E-state index contributed by atoms with van der Waals surface area (Å²) in [4.78, 5) is 23.6. The van der Waals surface area contributed by atoms with E-state index < -0.39 is 0 Å². The molecule has 0 aliphatic carbocycles. The molecule has 40 heavy (non-hydrogen) atoms. The monoisotopic (exact) mass is 572 g/mol. The number of imidazole rings is 1. The van der Waals surface area contributed by atoms with Crippen LogP contribution >= 0.6 is 22.9 Å². The Hall–Kier alpha value is -2.67. The highest BCUT2D eigenvalue weighted by molar-refractivity contribution is 7.12. The number of halogens is 1. The van der Waals surface area contributed by atoms with Gasteiger partial charge in [-0.2, -0.15) is 0 Å². The van der Waals surface area contributed by atoms with E-state index in [1.165, 1.54) is 48.1 Å². The molecule has 1 amide bonds. The number of hydrogen-bond acceptors (Lipinski definition) is 4. The van der Waals surface area contributed by atoms with E-state index in [-0.39, 0.29) is 11.3 Å². The molecule has 4 aromatic rings. The maximum Gasteiger partial charge on any atom is 0.265 e. The lowest BCUT2D eigenvalue weighted by Crippen LogP contribution is -2.49. The van der Waals surface area contributed by atoms with Gasteiger partial charge in [0.2, 0.25) is 0 Å². The largest absolute Gasteiger partial charge is 0.338 e. The van der Waals surface area contributed by atoms with Crippen LogP contribution in [0.4, 0.5) is 0 Å². The van der Waals surface area contributed by atoms with Crippen LogP contribution in [0.25, 0.3) is 11.0 Å². The van der Waals surface area contributed by atoms with Gasteiger partial charge in [-0.25, -0.2) is 4.98 Å². The third-order valence-electron chi connectivity index (χ3n) is 10.1. The Bertz CT molecular complexity index is 1490. The molecule has 7 heteroatoms. The van der Waals surface area contributed by atoms with E-state index in [0.717, 1.165) is 50.2 Å². The number of aryl methyl sites for hydroxylation is 1. The van der Waals surface area contributed by atoms with E-state index in [4.69, 9.17) is 16.6 Å². The number of piperidine rings is 2. The van der Waals surface area contributed by atoms with Crippen LogP contribution in [0.5, 0.6) is 0 Å². The summed E-state index contributed by atoms with van der Waals surface area (Å²) in [6, 6.07) is 23.3. The number of benzene rings is 2. The fourth-order valence-electron chi connectivity index (χ4n) is 7.99. The van der Waals surface area contributed by atoms with Crippen molar-refractivity contribution in [1.82, 2.24) is 19.4 Å². The molecule has 3 aliphatic rings. The van der Waals surface area contributed by atoms with E-state index in [1.54, 1.807) is 0 Å². The fraction of sp³-hybridized carbons (Fsp3) is 0.455. The van der Waals surface area contributed by atoms with Crippen LogP contribution in [0.15, 0.2) is 66.0 Å². The highest BCUT2D eigenvalue weighted by atomic mass is 35.5. The van der Waals surface area contributed by atoms with Crippen LogP contribution in [-0.2, 0) is 5.41 Å². The molecule has 5 heterocycles. The van der Waals surface area contributed by atoms with Gasteiger partial charge in [0.1, 0.15) is 10.7 Å². The molecule has 3 aliphatic heterocycles. The number of nitrogens with zero attached hydrogens (tertiary/aromatic N) is 4. The summed E-state index contributed by atoms with van der Waals surface area (Å²) in [5.41, 5.74) is 3.93. The first-order valence-corrected chi connectivity index (χ1v) is 16.1.